The Hall–Kier alpha value is -1.46. The first kappa shape index (κ1) is 15.9. The summed E-state index contributed by atoms with van der Waals surface area (Å²) in [7, 11) is 0. The van der Waals surface area contributed by atoms with Gasteiger partial charge in [0.1, 0.15) is 11.6 Å². The lowest BCUT2D eigenvalue weighted by molar-refractivity contribution is 0.455. The number of nitrogens with zero attached hydrogens (tertiary/aromatic N) is 1. The average Bonchev–Trinajstić information content (AvgIpc) is 2.43. The van der Waals surface area contributed by atoms with Gasteiger partial charge in [0.05, 0.1) is 4.47 Å². The van der Waals surface area contributed by atoms with E-state index in [2.05, 4.69) is 33.2 Å². The summed E-state index contributed by atoms with van der Waals surface area (Å²) in [6.07, 6.45) is 1.09. The Balaban J connectivity index is 2.13. The quantitative estimate of drug-likeness (QED) is 0.772. The molecule has 0 saturated carbocycles. The largest absolute Gasteiger partial charge is 0.439 e. The van der Waals surface area contributed by atoms with Crippen LogP contribution < -0.4 is 10.1 Å². The Labute approximate surface area is 132 Å². The van der Waals surface area contributed by atoms with E-state index in [9.17, 15) is 4.39 Å². The molecule has 2 rings (SSSR count). The minimum Gasteiger partial charge on any atom is -0.439 e. The van der Waals surface area contributed by atoms with Gasteiger partial charge in [0, 0.05) is 24.4 Å². The molecule has 0 bridgehead atoms. The van der Waals surface area contributed by atoms with Gasteiger partial charge in [-0.25, -0.2) is 9.37 Å². The van der Waals surface area contributed by atoms with Crippen LogP contribution in [0.3, 0.4) is 0 Å². The number of hydrogen-bond acceptors (Lipinski definition) is 3. The molecule has 1 aromatic carbocycles. The van der Waals surface area contributed by atoms with Crippen molar-refractivity contribution in [3.8, 4) is 11.6 Å². The third-order valence-electron chi connectivity index (χ3n) is 2.86. The van der Waals surface area contributed by atoms with Gasteiger partial charge in [-0.05, 0) is 59.6 Å². The summed E-state index contributed by atoms with van der Waals surface area (Å²) < 4.78 is 19.5. The summed E-state index contributed by atoms with van der Waals surface area (Å²) in [6.45, 7) is 5.78. The lowest BCUT2D eigenvalue weighted by atomic mass is 10.2. The molecule has 0 aliphatic rings. The van der Waals surface area contributed by atoms with E-state index in [0.29, 0.717) is 16.1 Å². The zero-order chi connectivity index (χ0) is 15.2. The second-order valence-corrected chi connectivity index (χ2v) is 5.66. The normalized spacial score (nSPS) is 10.7. The fourth-order valence-corrected chi connectivity index (χ4v) is 2.18. The molecule has 0 aliphatic heterocycles. The number of pyridine rings is 1. The summed E-state index contributed by atoms with van der Waals surface area (Å²) in [6, 6.07) is 8.53. The number of rotatable bonds is 6. The van der Waals surface area contributed by atoms with Crippen LogP contribution in [0.5, 0.6) is 11.6 Å². The number of aromatic nitrogens is 1. The van der Waals surface area contributed by atoms with Gasteiger partial charge in [-0.15, -0.1) is 0 Å². The average molecular weight is 353 g/mol. The molecular formula is C16H18BrFN2O. The molecule has 3 nitrogen and oxygen atoms in total. The number of halogens is 2. The van der Waals surface area contributed by atoms with Gasteiger partial charge in [0.2, 0.25) is 5.88 Å². The number of nitrogens with one attached hydrogen (secondary N) is 1. The van der Waals surface area contributed by atoms with E-state index < -0.39 is 0 Å². The summed E-state index contributed by atoms with van der Waals surface area (Å²) in [4.78, 5) is 4.33. The van der Waals surface area contributed by atoms with Gasteiger partial charge in [0.25, 0.3) is 0 Å². The molecule has 112 valence electrons. The lowest BCUT2D eigenvalue weighted by Gasteiger charge is -2.09. The fourth-order valence-electron chi connectivity index (χ4n) is 1.93. The number of ether oxygens (including phenoxy) is 1. The molecule has 0 amide bonds. The second-order valence-electron chi connectivity index (χ2n) is 4.81. The molecule has 0 unspecified atom stereocenters. The topological polar surface area (TPSA) is 34.2 Å². The van der Waals surface area contributed by atoms with Crippen molar-refractivity contribution < 1.29 is 9.13 Å². The van der Waals surface area contributed by atoms with Gasteiger partial charge in [-0.2, -0.15) is 0 Å². The Morgan fingerprint density at radius 1 is 1.29 bits per heavy atom. The molecule has 0 aliphatic carbocycles. The molecule has 1 N–H and O–H groups in total. The molecule has 21 heavy (non-hydrogen) atoms. The van der Waals surface area contributed by atoms with E-state index in [4.69, 9.17) is 4.74 Å². The molecule has 5 heteroatoms. The minimum atomic E-state index is -0.356. The van der Waals surface area contributed by atoms with Crippen molar-refractivity contribution in [2.75, 3.05) is 6.54 Å². The summed E-state index contributed by atoms with van der Waals surface area (Å²) in [5.74, 6) is 0.552. The summed E-state index contributed by atoms with van der Waals surface area (Å²) in [5.41, 5.74) is 1.97. The molecule has 0 atom stereocenters. The minimum absolute atomic E-state index is 0.356. The molecule has 1 heterocycles. The highest BCUT2D eigenvalue weighted by molar-refractivity contribution is 9.10. The van der Waals surface area contributed by atoms with Crippen LogP contribution >= 0.6 is 15.9 Å². The van der Waals surface area contributed by atoms with Crippen molar-refractivity contribution >= 4 is 15.9 Å². The molecule has 0 spiro atoms. The first-order valence-electron chi connectivity index (χ1n) is 6.89. The Morgan fingerprint density at radius 3 is 2.81 bits per heavy atom. The third-order valence-corrected chi connectivity index (χ3v) is 3.50. The van der Waals surface area contributed by atoms with E-state index in [0.717, 1.165) is 30.8 Å². The van der Waals surface area contributed by atoms with Gasteiger partial charge < -0.3 is 10.1 Å². The Bertz CT molecular complexity index is 619. The van der Waals surface area contributed by atoms with Crippen LogP contribution in [0.2, 0.25) is 0 Å². The van der Waals surface area contributed by atoms with Gasteiger partial charge in [-0.3, -0.25) is 0 Å². The van der Waals surface area contributed by atoms with Crippen molar-refractivity contribution in [3.63, 3.8) is 0 Å². The third kappa shape index (κ3) is 4.79. The predicted octanol–water partition coefficient (Wildman–Crippen LogP) is 4.58. The monoisotopic (exact) mass is 352 g/mol. The van der Waals surface area contributed by atoms with Crippen LogP contribution in [0.4, 0.5) is 4.39 Å². The Morgan fingerprint density at radius 2 is 2.10 bits per heavy atom. The maximum atomic E-state index is 13.5. The highest BCUT2D eigenvalue weighted by Gasteiger charge is 2.06. The standard InChI is InChI=1S/C16H18BrFN2O/c1-3-6-19-10-12-7-11(2)20-16(8-12)21-13-4-5-14(17)15(18)9-13/h4-5,7-9,19H,3,6,10H2,1-2H3. The van der Waals surface area contributed by atoms with E-state index in [-0.39, 0.29) is 5.82 Å². The highest BCUT2D eigenvalue weighted by atomic mass is 79.9. The van der Waals surface area contributed by atoms with Gasteiger partial charge in [-0.1, -0.05) is 6.92 Å². The van der Waals surface area contributed by atoms with E-state index in [1.807, 2.05) is 19.1 Å². The number of aryl methyl sites for hydroxylation is 1. The molecule has 0 fully saturated rings. The van der Waals surface area contributed by atoms with Crippen molar-refractivity contribution in [3.05, 3.63) is 51.9 Å². The first-order valence-corrected chi connectivity index (χ1v) is 7.69. The van der Waals surface area contributed by atoms with Crippen LogP contribution in [-0.2, 0) is 6.54 Å². The van der Waals surface area contributed by atoms with Crippen LogP contribution in [0.25, 0.3) is 0 Å². The van der Waals surface area contributed by atoms with Crippen LogP contribution in [-0.4, -0.2) is 11.5 Å². The van der Waals surface area contributed by atoms with E-state index in [1.165, 1.54) is 6.07 Å². The summed E-state index contributed by atoms with van der Waals surface area (Å²) >= 11 is 3.12. The summed E-state index contributed by atoms with van der Waals surface area (Å²) in [5, 5.41) is 3.34. The molecule has 1 aromatic heterocycles. The maximum absolute atomic E-state index is 13.5. The van der Waals surface area contributed by atoms with E-state index >= 15 is 0 Å². The van der Waals surface area contributed by atoms with Gasteiger partial charge in [0.15, 0.2) is 0 Å². The predicted molar refractivity (Wildman–Crippen MR) is 85.1 cm³/mol. The number of benzene rings is 1. The smallest absolute Gasteiger partial charge is 0.219 e. The second kappa shape index (κ2) is 7.52. The molecule has 0 saturated heterocycles. The molecule has 0 radical (unpaired) electrons. The van der Waals surface area contributed by atoms with Crippen molar-refractivity contribution in [1.29, 1.82) is 0 Å². The van der Waals surface area contributed by atoms with Crippen LogP contribution in [0, 0.1) is 12.7 Å². The Kier molecular flexibility index (Phi) is 5.70. The lowest BCUT2D eigenvalue weighted by Crippen LogP contribution is -2.14. The maximum Gasteiger partial charge on any atom is 0.219 e. The first-order chi connectivity index (χ1) is 10.1. The van der Waals surface area contributed by atoms with Crippen LogP contribution in [0.1, 0.15) is 24.6 Å². The SMILES string of the molecule is CCCNCc1cc(C)nc(Oc2ccc(Br)c(F)c2)c1. The van der Waals surface area contributed by atoms with Crippen molar-refractivity contribution in [1.82, 2.24) is 10.3 Å². The van der Waals surface area contributed by atoms with Crippen LogP contribution in [0.15, 0.2) is 34.8 Å². The van der Waals surface area contributed by atoms with Crippen molar-refractivity contribution in [2.45, 2.75) is 26.8 Å². The number of hydrogen-bond donors (Lipinski definition) is 1. The highest BCUT2D eigenvalue weighted by Crippen LogP contribution is 2.25. The van der Waals surface area contributed by atoms with E-state index in [1.54, 1.807) is 12.1 Å². The van der Waals surface area contributed by atoms with Gasteiger partial charge >= 0.3 is 0 Å². The zero-order valence-electron chi connectivity index (χ0n) is 12.1. The molecular weight excluding hydrogens is 335 g/mol. The van der Waals surface area contributed by atoms with Crippen molar-refractivity contribution in [2.24, 2.45) is 0 Å². The molecule has 2 aromatic rings. The zero-order valence-corrected chi connectivity index (χ0v) is 13.7. The fraction of sp³-hybridized carbons (Fsp3) is 0.312.